The predicted octanol–water partition coefficient (Wildman–Crippen LogP) is 2.41. The Balaban J connectivity index is 2.06. The molecule has 0 spiro atoms. The summed E-state index contributed by atoms with van der Waals surface area (Å²) in [7, 11) is 1.99. The van der Waals surface area contributed by atoms with E-state index in [1.807, 2.05) is 24.9 Å². The number of phenolic OH excluding ortho intramolecular Hbond substituents is 1. The molecule has 0 radical (unpaired) electrons. The molecule has 0 fully saturated rings. The van der Waals surface area contributed by atoms with Gasteiger partial charge in [0.15, 0.2) is 0 Å². The molecule has 1 heterocycles. The highest BCUT2D eigenvalue weighted by Crippen LogP contribution is 2.42. The molecule has 0 saturated heterocycles. The van der Waals surface area contributed by atoms with Crippen molar-refractivity contribution >= 4 is 11.8 Å². The molecule has 15 heavy (non-hydrogen) atoms. The number of nitrogens with one attached hydrogen (secondary N) is 1. The normalized spacial score (nSPS) is 21.3. The van der Waals surface area contributed by atoms with Gasteiger partial charge in [-0.2, -0.15) is 0 Å². The highest BCUT2D eigenvalue weighted by molar-refractivity contribution is 8.00. The third-order valence-corrected chi connectivity index (χ3v) is 4.27. The lowest BCUT2D eigenvalue weighted by molar-refractivity contribution is 0.464. The second-order valence-electron chi connectivity index (χ2n) is 4.12. The summed E-state index contributed by atoms with van der Waals surface area (Å²) in [6.45, 7) is 2.20. The van der Waals surface area contributed by atoms with Gasteiger partial charge in [-0.1, -0.05) is 6.07 Å². The molecule has 0 aliphatic carbocycles. The van der Waals surface area contributed by atoms with E-state index in [2.05, 4.69) is 18.3 Å². The lowest BCUT2D eigenvalue weighted by Gasteiger charge is -2.14. The fourth-order valence-electron chi connectivity index (χ4n) is 1.96. The van der Waals surface area contributed by atoms with Crippen LogP contribution in [0.15, 0.2) is 23.1 Å². The summed E-state index contributed by atoms with van der Waals surface area (Å²) in [5.74, 6) is 0.458. The molecule has 82 valence electrons. The van der Waals surface area contributed by atoms with Gasteiger partial charge in [-0.05, 0) is 38.9 Å². The Morgan fingerprint density at radius 2 is 2.40 bits per heavy atom. The molecule has 0 saturated carbocycles. The molecule has 2 nitrogen and oxygen atoms in total. The molecule has 0 amide bonds. The number of thioether (sulfide) groups is 1. The van der Waals surface area contributed by atoms with E-state index < -0.39 is 0 Å². The zero-order valence-corrected chi connectivity index (χ0v) is 9.97. The fourth-order valence-corrected chi connectivity index (χ4v) is 3.44. The van der Waals surface area contributed by atoms with Crippen molar-refractivity contribution < 1.29 is 5.11 Å². The SMILES string of the molecule is CNC(C)CC1Cc2c(O)cccc2S1. The number of hydrogen-bond acceptors (Lipinski definition) is 3. The van der Waals surface area contributed by atoms with Crippen LogP contribution >= 0.6 is 11.8 Å². The van der Waals surface area contributed by atoms with Gasteiger partial charge < -0.3 is 10.4 Å². The van der Waals surface area contributed by atoms with Gasteiger partial charge in [0.1, 0.15) is 5.75 Å². The van der Waals surface area contributed by atoms with Crippen molar-refractivity contribution in [3.05, 3.63) is 23.8 Å². The first-order valence-electron chi connectivity index (χ1n) is 5.35. The molecule has 1 aliphatic heterocycles. The van der Waals surface area contributed by atoms with Crippen molar-refractivity contribution in [2.75, 3.05) is 7.05 Å². The first kappa shape index (κ1) is 10.8. The van der Waals surface area contributed by atoms with Gasteiger partial charge in [-0.3, -0.25) is 0 Å². The van der Waals surface area contributed by atoms with Crippen LogP contribution in [0.5, 0.6) is 5.75 Å². The molecule has 1 aromatic rings. The fraction of sp³-hybridized carbons (Fsp3) is 0.500. The van der Waals surface area contributed by atoms with E-state index in [0.29, 0.717) is 17.0 Å². The molecule has 1 aliphatic rings. The van der Waals surface area contributed by atoms with Crippen molar-refractivity contribution in [2.45, 2.75) is 36.0 Å². The summed E-state index contributed by atoms with van der Waals surface area (Å²) in [4.78, 5) is 1.25. The lowest BCUT2D eigenvalue weighted by atomic mass is 10.0. The first-order valence-corrected chi connectivity index (χ1v) is 6.23. The van der Waals surface area contributed by atoms with E-state index in [1.165, 1.54) is 4.90 Å². The molecule has 2 atom stereocenters. The van der Waals surface area contributed by atoms with Crippen LogP contribution in [0.25, 0.3) is 0 Å². The van der Waals surface area contributed by atoms with Gasteiger partial charge in [0.05, 0.1) is 0 Å². The summed E-state index contributed by atoms with van der Waals surface area (Å²) in [6, 6.07) is 6.34. The summed E-state index contributed by atoms with van der Waals surface area (Å²) in [5, 5.41) is 13.6. The van der Waals surface area contributed by atoms with Crippen LogP contribution < -0.4 is 5.32 Å². The summed E-state index contributed by atoms with van der Waals surface area (Å²) < 4.78 is 0. The largest absolute Gasteiger partial charge is 0.508 e. The minimum atomic E-state index is 0.458. The molecule has 2 rings (SSSR count). The van der Waals surface area contributed by atoms with Gasteiger partial charge in [0.2, 0.25) is 0 Å². The Morgan fingerprint density at radius 1 is 1.60 bits per heavy atom. The van der Waals surface area contributed by atoms with Gasteiger partial charge in [-0.15, -0.1) is 11.8 Å². The minimum absolute atomic E-state index is 0.458. The number of hydrogen-bond donors (Lipinski definition) is 2. The average molecular weight is 223 g/mol. The molecule has 0 bridgehead atoms. The Kier molecular flexibility index (Phi) is 3.22. The predicted molar refractivity (Wildman–Crippen MR) is 64.6 cm³/mol. The molecule has 2 N–H and O–H groups in total. The molecule has 1 aromatic carbocycles. The van der Waals surface area contributed by atoms with Crippen molar-refractivity contribution in [2.24, 2.45) is 0 Å². The Labute approximate surface area is 95.1 Å². The number of rotatable bonds is 3. The highest BCUT2D eigenvalue weighted by atomic mass is 32.2. The average Bonchev–Trinajstić information content (AvgIpc) is 2.62. The third kappa shape index (κ3) is 2.29. The zero-order valence-electron chi connectivity index (χ0n) is 9.16. The summed E-state index contributed by atoms with van der Waals surface area (Å²) in [6.07, 6.45) is 2.15. The molecule has 0 aromatic heterocycles. The summed E-state index contributed by atoms with van der Waals surface area (Å²) in [5.41, 5.74) is 1.14. The van der Waals surface area contributed by atoms with Gasteiger partial charge in [0.25, 0.3) is 0 Å². The first-order chi connectivity index (χ1) is 7.20. The van der Waals surface area contributed by atoms with E-state index in [0.717, 1.165) is 18.4 Å². The monoisotopic (exact) mass is 223 g/mol. The van der Waals surface area contributed by atoms with Gasteiger partial charge in [0, 0.05) is 21.8 Å². The third-order valence-electron chi connectivity index (χ3n) is 2.94. The van der Waals surface area contributed by atoms with Crippen LogP contribution in [0.1, 0.15) is 18.9 Å². The van der Waals surface area contributed by atoms with Gasteiger partial charge >= 0.3 is 0 Å². The van der Waals surface area contributed by atoms with E-state index in [1.54, 1.807) is 6.07 Å². The second-order valence-corrected chi connectivity index (χ2v) is 5.47. The maximum absolute atomic E-state index is 9.71. The van der Waals surface area contributed by atoms with Crippen LogP contribution in [-0.4, -0.2) is 23.4 Å². The quantitative estimate of drug-likeness (QED) is 0.825. The van der Waals surface area contributed by atoms with Crippen molar-refractivity contribution in [3.8, 4) is 5.75 Å². The number of benzene rings is 1. The number of fused-ring (bicyclic) bond motifs is 1. The highest BCUT2D eigenvalue weighted by Gasteiger charge is 2.25. The molecular formula is C12H17NOS. The van der Waals surface area contributed by atoms with Crippen LogP contribution in [0, 0.1) is 0 Å². The zero-order chi connectivity index (χ0) is 10.8. The van der Waals surface area contributed by atoms with Crippen LogP contribution in [0.2, 0.25) is 0 Å². The Hall–Kier alpha value is -0.670. The standard InChI is InChI=1S/C12H17NOS/c1-8(13-2)6-9-7-10-11(14)4-3-5-12(10)15-9/h3-5,8-9,13-14H,6-7H2,1-2H3. The van der Waals surface area contributed by atoms with Crippen molar-refractivity contribution in [1.29, 1.82) is 0 Å². The summed E-state index contributed by atoms with van der Waals surface area (Å²) >= 11 is 1.89. The Morgan fingerprint density at radius 3 is 3.07 bits per heavy atom. The maximum Gasteiger partial charge on any atom is 0.119 e. The second kappa shape index (κ2) is 4.45. The van der Waals surface area contributed by atoms with Crippen LogP contribution in [-0.2, 0) is 6.42 Å². The lowest BCUT2D eigenvalue weighted by Crippen LogP contribution is -2.25. The van der Waals surface area contributed by atoms with Crippen LogP contribution in [0.3, 0.4) is 0 Å². The minimum Gasteiger partial charge on any atom is -0.508 e. The number of aromatic hydroxyl groups is 1. The van der Waals surface area contributed by atoms with Crippen molar-refractivity contribution in [3.63, 3.8) is 0 Å². The maximum atomic E-state index is 9.71. The number of phenols is 1. The molecule has 3 heteroatoms. The molecule has 2 unspecified atom stereocenters. The van der Waals surface area contributed by atoms with E-state index in [-0.39, 0.29) is 0 Å². The molecular weight excluding hydrogens is 206 g/mol. The van der Waals surface area contributed by atoms with E-state index in [4.69, 9.17) is 0 Å². The van der Waals surface area contributed by atoms with Crippen molar-refractivity contribution in [1.82, 2.24) is 5.32 Å². The van der Waals surface area contributed by atoms with Crippen LogP contribution in [0.4, 0.5) is 0 Å². The van der Waals surface area contributed by atoms with Gasteiger partial charge in [-0.25, -0.2) is 0 Å². The topological polar surface area (TPSA) is 32.3 Å². The Bertz CT molecular complexity index is 353. The van der Waals surface area contributed by atoms with E-state index >= 15 is 0 Å². The van der Waals surface area contributed by atoms with E-state index in [9.17, 15) is 5.11 Å². The smallest absolute Gasteiger partial charge is 0.119 e.